The van der Waals surface area contributed by atoms with E-state index in [0.717, 1.165) is 0 Å². The number of hydrogen-bond acceptors (Lipinski definition) is 3. The molecule has 1 heterocycles. The monoisotopic (exact) mass is 156 g/mol. The Labute approximate surface area is 65.3 Å². The van der Waals surface area contributed by atoms with Gasteiger partial charge in [0.1, 0.15) is 0 Å². The summed E-state index contributed by atoms with van der Waals surface area (Å²) in [4.78, 5) is 0. The molecular weight excluding hydrogens is 144 g/mol. The second kappa shape index (κ2) is 2.59. The lowest BCUT2D eigenvalue weighted by atomic mass is 9.83. The molecule has 0 aromatic rings. The van der Waals surface area contributed by atoms with Gasteiger partial charge >= 0.3 is 0 Å². The Kier molecular flexibility index (Phi) is 1.71. The van der Waals surface area contributed by atoms with E-state index in [1.807, 2.05) is 6.08 Å². The zero-order valence-electron chi connectivity index (χ0n) is 6.18. The molecule has 2 aliphatic rings. The molecule has 0 amide bonds. The Hall–Kier alpha value is -0.380. The molecule has 3 heteroatoms. The minimum Gasteiger partial charge on any atom is -0.390 e. The average molecular weight is 156 g/mol. The van der Waals surface area contributed by atoms with E-state index in [1.54, 1.807) is 6.08 Å². The van der Waals surface area contributed by atoms with Gasteiger partial charge in [-0.05, 0) is 0 Å². The Morgan fingerprint density at radius 2 is 2.00 bits per heavy atom. The van der Waals surface area contributed by atoms with Gasteiger partial charge in [0.25, 0.3) is 0 Å². The van der Waals surface area contributed by atoms with E-state index in [2.05, 4.69) is 0 Å². The van der Waals surface area contributed by atoms with Gasteiger partial charge in [-0.25, -0.2) is 0 Å². The Morgan fingerprint density at radius 1 is 1.18 bits per heavy atom. The molecule has 62 valence electrons. The summed E-state index contributed by atoms with van der Waals surface area (Å²) in [6.45, 7) is 1.26. The normalized spacial score (nSPS) is 49.3. The third-order valence-corrected chi connectivity index (χ3v) is 2.51. The van der Waals surface area contributed by atoms with Gasteiger partial charge in [-0.2, -0.15) is 0 Å². The maximum Gasteiger partial charge on any atom is 0.0983 e. The van der Waals surface area contributed by atoms with Crippen LogP contribution >= 0.6 is 0 Å². The topological polar surface area (TPSA) is 49.7 Å². The third kappa shape index (κ3) is 1.09. The minimum absolute atomic E-state index is 0.106. The molecular formula is C8H12O3. The van der Waals surface area contributed by atoms with Crippen molar-refractivity contribution < 1.29 is 14.9 Å². The summed E-state index contributed by atoms with van der Waals surface area (Å²) in [5.74, 6) is 0.420. The molecule has 0 aromatic heterocycles. The molecule has 0 spiro atoms. The highest BCUT2D eigenvalue weighted by Crippen LogP contribution is 2.30. The van der Waals surface area contributed by atoms with Crippen LogP contribution in [0.3, 0.4) is 0 Å². The molecule has 0 radical (unpaired) electrons. The molecule has 0 bridgehead atoms. The highest BCUT2D eigenvalue weighted by atomic mass is 16.5. The van der Waals surface area contributed by atoms with Gasteiger partial charge in [0.2, 0.25) is 0 Å². The van der Waals surface area contributed by atoms with Gasteiger partial charge < -0.3 is 14.9 Å². The van der Waals surface area contributed by atoms with Crippen molar-refractivity contribution in [3.63, 3.8) is 0 Å². The predicted molar refractivity (Wildman–Crippen MR) is 39.0 cm³/mol. The smallest absolute Gasteiger partial charge is 0.0983 e. The van der Waals surface area contributed by atoms with Crippen LogP contribution in [-0.4, -0.2) is 35.6 Å². The van der Waals surface area contributed by atoms with Crippen LogP contribution in [0.15, 0.2) is 12.2 Å². The van der Waals surface area contributed by atoms with Crippen LogP contribution in [0.1, 0.15) is 0 Å². The number of ether oxygens (including phenoxy) is 1. The predicted octanol–water partition coefficient (Wildman–Crippen LogP) is -0.459. The lowest BCUT2D eigenvalue weighted by Crippen LogP contribution is -2.38. The molecule has 0 aromatic carbocycles. The van der Waals surface area contributed by atoms with Crippen molar-refractivity contribution >= 4 is 0 Å². The van der Waals surface area contributed by atoms with E-state index in [-0.39, 0.29) is 5.92 Å². The van der Waals surface area contributed by atoms with Crippen LogP contribution in [-0.2, 0) is 4.74 Å². The van der Waals surface area contributed by atoms with Gasteiger partial charge in [0.05, 0.1) is 25.4 Å². The number of aliphatic hydroxyl groups is 2. The van der Waals surface area contributed by atoms with Gasteiger partial charge in [0, 0.05) is 11.8 Å². The first-order valence-corrected chi connectivity index (χ1v) is 3.91. The van der Waals surface area contributed by atoms with Crippen LogP contribution in [0.25, 0.3) is 0 Å². The highest BCUT2D eigenvalue weighted by Gasteiger charge is 2.37. The van der Waals surface area contributed by atoms with Crippen LogP contribution in [0.5, 0.6) is 0 Å². The SMILES string of the molecule is O[C@H]1[C@@H]2COC[C@@H]2C=C[C@H]1O. The van der Waals surface area contributed by atoms with Crippen LogP contribution in [0.2, 0.25) is 0 Å². The Morgan fingerprint density at radius 3 is 2.82 bits per heavy atom. The second-order valence-corrected chi connectivity index (χ2v) is 3.23. The lowest BCUT2D eigenvalue weighted by molar-refractivity contribution is -0.00718. The van der Waals surface area contributed by atoms with E-state index in [0.29, 0.717) is 19.1 Å². The summed E-state index contributed by atoms with van der Waals surface area (Å²) in [7, 11) is 0. The molecule has 2 rings (SSSR count). The number of aliphatic hydroxyl groups excluding tert-OH is 2. The van der Waals surface area contributed by atoms with Gasteiger partial charge in [-0.3, -0.25) is 0 Å². The van der Waals surface area contributed by atoms with Crippen molar-refractivity contribution in [3.05, 3.63) is 12.2 Å². The lowest BCUT2D eigenvalue weighted by Gasteiger charge is -2.27. The second-order valence-electron chi connectivity index (χ2n) is 3.23. The van der Waals surface area contributed by atoms with E-state index in [9.17, 15) is 10.2 Å². The van der Waals surface area contributed by atoms with Crippen LogP contribution in [0, 0.1) is 11.8 Å². The molecule has 1 aliphatic carbocycles. The Bertz CT molecular complexity index is 178. The first-order valence-electron chi connectivity index (χ1n) is 3.91. The van der Waals surface area contributed by atoms with Gasteiger partial charge in [-0.1, -0.05) is 12.2 Å². The summed E-state index contributed by atoms with van der Waals surface area (Å²) in [6.07, 6.45) is 2.26. The maximum absolute atomic E-state index is 9.47. The molecule has 0 saturated carbocycles. The largest absolute Gasteiger partial charge is 0.390 e. The summed E-state index contributed by atoms with van der Waals surface area (Å²) in [5.41, 5.74) is 0. The van der Waals surface area contributed by atoms with E-state index < -0.39 is 12.2 Å². The molecule has 2 N–H and O–H groups in total. The first-order chi connectivity index (χ1) is 5.29. The summed E-state index contributed by atoms with van der Waals surface area (Å²) < 4.78 is 5.19. The molecule has 1 saturated heterocycles. The van der Waals surface area contributed by atoms with E-state index in [4.69, 9.17) is 4.74 Å². The van der Waals surface area contributed by atoms with Crippen molar-refractivity contribution in [2.75, 3.05) is 13.2 Å². The molecule has 11 heavy (non-hydrogen) atoms. The molecule has 3 nitrogen and oxygen atoms in total. The zero-order valence-corrected chi connectivity index (χ0v) is 6.18. The van der Waals surface area contributed by atoms with Crippen LogP contribution in [0.4, 0.5) is 0 Å². The average Bonchev–Trinajstić information content (AvgIpc) is 2.45. The zero-order chi connectivity index (χ0) is 7.84. The quantitative estimate of drug-likeness (QED) is 0.467. The molecule has 0 unspecified atom stereocenters. The Balaban J connectivity index is 2.17. The van der Waals surface area contributed by atoms with Gasteiger partial charge in [-0.15, -0.1) is 0 Å². The summed E-state index contributed by atoms with van der Waals surface area (Å²) in [5, 5.41) is 18.7. The van der Waals surface area contributed by atoms with Crippen molar-refractivity contribution in [1.29, 1.82) is 0 Å². The number of fused-ring (bicyclic) bond motifs is 1. The first kappa shape index (κ1) is 7.28. The fourth-order valence-electron chi connectivity index (χ4n) is 1.76. The van der Waals surface area contributed by atoms with Crippen molar-refractivity contribution in [2.24, 2.45) is 11.8 Å². The van der Waals surface area contributed by atoms with Crippen molar-refractivity contribution in [3.8, 4) is 0 Å². The fourth-order valence-corrected chi connectivity index (χ4v) is 1.76. The van der Waals surface area contributed by atoms with E-state index >= 15 is 0 Å². The van der Waals surface area contributed by atoms with Crippen molar-refractivity contribution in [2.45, 2.75) is 12.2 Å². The molecule has 4 atom stereocenters. The fraction of sp³-hybridized carbons (Fsp3) is 0.750. The van der Waals surface area contributed by atoms with Crippen molar-refractivity contribution in [1.82, 2.24) is 0 Å². The maximum atomic E-state index is 9.47. The summed E-state index contributed by atoms with van der Waals surface area (Å²) >= 11 is 0. The number of rotatable bonds is 0. The van der Waals surface area contributed by atoms with Crippen LogP contribution < -0.4 is 0 Å². The third-order valence-electron chi connectivity index (χ3n) is 2.51. The molecule has 1 fully saturated rings. The van der Waals surface area contributed by atoms with E-state index in [1.165, 1.54) is 0 Å². The molecule has 1 aliphatic heterocycles. The highest BCUT2D eigenvalue weighted by molar-refractivity contribution is 5.07. The number of hydrogen-bond donors (Lipinski definition) is 2. The van der Waals surface area contributed by atoms with Gasteiger partial charge in [0.15, 0.2) is 0 Å². The standard InChI is InChI=1S/C8H12O3/c9-7-2-1-5-3-11-4-6(5)8(7)10/h1-2,5-10H,3-4H2/t5-,6+,7+,8-/m0/s1. The summed E-state index contributed by atoms with van der Waals surface area (Å²) in [6, 6.07) is 0. The minimum atomic E-state index is -0.696.